The molecule has 0 radical (unpaired) electrons. The number of aromatic nitrogens is 1. The van der Waals surface area contributed by atoms with E-state index in [2.05, 4.69) is 14.0 Å². The fourth-order valence-electron chi connectivity index (χ4n) is 2.80. The molecule has 0 saturated carbocycles. The predicted molar refractivity (Wildman–Crippen MR) is 103 cm³/mol. The number of pyridine rings is 1. The smallest absolute Gasteiger partial charge is 0.404 e. The summed E-state index contributed by atoms with van der Waals surface area (Å²) in [4.78, 5) is 40.1. The summed E-state index contributed by atoms with van der Waals surface area (Å²) >= 11 is 0. The van der Waals surface area contributed by atoms with E-state index >= 15 is 0 Å². The zero-order valence-corrected chi connectivity index (χ0v) is 19.6. The van der Waals surface area contributed by atoms with Crippen LogP contribution in [0.5, 0.6) is 11.5 Å². The van der Waals surface area contributed by atoms with E-state index in [1.807, 2.05) is 12.1 Å². The molecule has 0 saturated heterocycles. The Labute approximate surface area is 194 Å². The van der Waals surface area contributed by atoms with Crippen molar-refractivity contribution >= 4 is 15.6 Å². The Hall–Kier alpha value is -1.51. The fourth-order valence-corrected chi connectivity index (χ4v) is 3.59. The third kappa shape index (κ3) is 7.32. The Morgan fingerprint density at radius 1 is 0.700 bits per heavy atom. The van der Waals surface area contributed by atoms with Crippen molar-refractivity contribution in [2.24, 2.45) is 0 Å². The van der Waals surface area contributed by atoms with Gasteiger partial charge in [0.15, 0.2) is 0 Å². The predicted octanol–water partition coefficient (Wildman–Crippen LogP) is 0.209. The number of phosphoric acid groups is 2. The van der Waals surface area contributed by atoms with Gasteiger partial charge in [0.25, 0.3) is 0 Å². The Balaban J connectivity index is 0.00000320. The standard InChI is InChI=1S/C18H17NO8P2.Na/c20-28(21,22)26-15-8-4-13(5-9-15)18(17-3-1-2-12-19-17)14-6-10-16(11-7-14)27-29(23,24)25;/h1-12,18H,(H2,20,21,22)(H2,23,24,25);/q;+1. The molecule has 0 aliphatic carbocycles. The summed E-state index contributed by atoms with van der Waals surface area (Å²) in [5.74, 6) is -0.302. The topological polar surface area (TPSA) is 146 Å². The minimum atomic E-state index is -4.66. The molecular weight excluding hydrogens is 443 g/mol. The molecule has 2 aromatic carbocycles. The molecule has 3 aromatic rings. The second-order valence-corrected chi connectivity index (χ2v) is 8.32. The van der Waals surface area contributed by atoms with Crippen LogP contribution in [0.4, 0.5) is 0 Å². The maximum Gasteiger partial charge on any atom is 1.00 e. The van der Waals surface area contributed by atoms with Gasteiger partial charge in [0.2, 0.25) is 0 Å². The largest absolute Gasteiger partial charge is 1.00 e. The number of rotatable bonds is 7. The maximum absolute atomic E-state index is 11.0. The molecule has 4 N–H and O–H groups in total. The monoisotopic (exact) mass is 460 g/mol. The van der Waals surface area contributed by atoms with Gasteiger partial charge < -0.3 is 9.05 Å². The van der Waals surface area contributed by atoms with Crippen LogP contribution in [-0.4, -0.2) is 24.6 Å². The van der Waals surface area contributed by atoms with Gasteiger partial charge in [-0.2, -0.15) is 0 Å². The van der Waals surface area contributed by atoms with E-state index in [4.69, 9.17) is 19.6 Å². The minimum Gasteiger partial charge on any atom is -0.404 e. The summed E-state index contributed by atoms with van der Waals surface area (Å²) in [6, 6.07) is 17.8. The van der Waals surface area contributed by atoms with Gasteiger partial charge in [0.05, 0.1) is 11.6 Å². The van der Waals surface area contributed by atoms with E-state index in [0.29, 0.717) is 5.69 Å². The molecule has 0 fully saturated rings. The number of hydrogen-bond acceptors (Lipinski definition) is 5. The average Bonchev–Trinajstić information content (AvgIpc) is 2.63. The minimum absolute atomic E-state index is 0. The number of phosphoric ester groups is 2. The van der Waals surface area contributed by atoms with Crippen molar-refractivity contribution in [2.45, 2.75) is 5.92 Å². The molecular formula is C18H17NNaO8P2+. The Morgan fingerprint density at radius 3 is 1.47 bits per heavy atom. The Morgan fingerprint density at radius 2 is 1.13 bits per heavy atom. The molecule has 30 heavy (non-hydrogen) atoms. The zero-order chi connectivity index (χ0) is 21.1. The van der Waals surface area contributed by atoms with Crippen molar-refractivity contribution < 1.29 is 67.3 Å². The molecule has 9 nitrogen and oxygen atoms in total. The summed E-state index contributed by atoms with van der Waals surface area (Å²) in [5, 5.41) is 0. The molecule has 152 valence electrons. The van der Waals surface area contributed by atoms with Crippen LogP contribution in [0.15, 0.2) is 72.9 Å². The summed E-state index contributed by atoms with van der Waals surface area (Å²) in [5.41, 5.74) is 2.25. The van der Waals surface area contributed by atoms with Gasteiger partial charge >= 0.3 is 45.2 Å². The van der Waals surface area contributed by atoms with Crippen molar-refractivity contribution in [1.29, 1.82) is 0 Å². The SMILES string of the molecule is O=P(O)(O)Oc1ccc(C(c2ccc(OP(=O)(O)O)cc2)c2ccccn2)cc1.[Na+]. The van der Waals surface area contributed by atoms with E-state index in [1.165, 1.54) is 24.3 Å². The molecule has 0 aliphatic heterocycles. The van der Waals surface area contributed by atoms with E-state index in [-0.39, 0.29) is 47.0 Å². The molecule has 0 unspecified atom stereocenters. The average molecular weight is 460 g/mol. The van der Waals surface area contributed by atoms with Crippen LogP contribution in [0.2, 0.25) is 0 Å². The van der Waals surface area contributed by atoms with Gasteiger partial charge in [-0.1, -0.05) is 30.3 Å². The van der Waals surface area contributed by atoms with Gasteiger partial charge in [-0.3, -0.25) is 24.6 Å². The van der Waals surface area contributed by atoms with Crippen LogP contribution in [0.1, 0.15) is 22.7 Å². The van der Waals surface area contributed by atoms with Crippen LogP contribution in [0.3, 0.4) is 0 Å². The number of nitrogens with zero attached hydrogens (tertiary/aromatic N) is 1. The molecule has 1 heterocycles. The van der Waals surface area contributed by atoms with Crippen LogP contribution in [0, 0.1) is 0 Å². The molecule has 12 heteroatoms. The third-order valence-corrected chi connectivity index (χ3v) is 4.76. The number of hydrogen-bond donors (Lipinski definition) is 4. The van der Waals surface area contributed by atoms with Crippen molar-refractivity contribution in [3.63, 3.8) is 0 Å². The Bertz CT molecular complexity index is 984. The normalized spacial score (nSPS) is 11.6. The van der Waals surface area contributed by atoms with Crippen LogP contribution in [0.25, 0.3) is 0 Å². The van der Waals surface area contributed by atoms with Gasteiger partial charge in [0, 0.05) is 6.20 Å². The first-order valence-corrected chi connectivity index (χ1v) is 11.3. The quantitative estimate of drug-likeness (QED) is 0.287. The Kier molecular flexibility index (Phi) is 8.42. The van der Waals surface area contributed by atoms with E-state index in [9.17, 15) is 9.13 Å². The second-order valence-electron chi connectivity index (χ2n) is 5.99. The van der Waals surface area contributed by atoms with Gasteiger partial charge in [-0.05, 0) is 47.5 Å². The third-order valence-electron chi connectivity index (χ3n) is 3.86. The van der Waals surface area contributed by atoms with Crippen molar-refractivity contribution in [2.75, 3.05) is 0 Å². The van der Waals surface area contributed by atoms with Crippen molar-refractivity contribution in [3.05, 3.63) is 89.7 Å². The molecule has 1 aromatic heterocycles. The van der Waals surface area contributed by atoms with E-state index < -0.39 is 15.6 Å². The summed E-state index contributed by atoms with van der Waals surface area (Å²) < 4.78 is 31.1. The summed E-state index contributed by atoms with van der Waals surface area (Å²) in [6.45, 7) is 0. The van der Waals surface area contributed by atoms with Crippen LogP contribution < -0.4 is 38.6 Å². The first-order chi connectivity index (χ1) is 13.6. The van der Waals surface area contributed by atoms with Crippen LogP contribution in [-0.2, 0) is 9.13 Å². The summed E-state index contributed by atoms with van der Waals surface area (Å²) in [7, 11) is -9.31. The number of benzene rings is 2. The first-order valence-electron chi connectivity index (χ1n) is 8.22. The molecule has 0 bridgehead atoms. The van der Waals surface area contributed by atoms with E-state index in [0.717, 1.165) is 11.1 Å². The van der Waals surface area contributed by atoms with Gasteiger partial charge in [0.1, 0.15) is 11.5 Å². The van der Waals surface area contributed by atoms with Gasteiger partial charge in [-0.15, -0.1) is 0 Å². The molecule has 0 aliphatic rings. The maximum atomic E-state index is 11.0. The molecule has 3 rings (SSSR count). The second kappa shape index (κ2) is 10.2. The van der Waals surface area contributed by atoms with Crippen LogP contribution >= 0.6 is 15.6 Å². The first kappa shape index (κ1) is 24.8. The molecule has 0 atom stereocenters. The molecule has 0 amide bonds. The molecule has 0 spiro atoms. The summed E-state index contributed by atoms with van der Waals surface area (Å²) in [6.07, 6.45) is 1.64. The van der Waals surface area contributed by atoms with Crippen molar-refractivity contribution in [3.8, 4) is 11.5 Å². The van der Waals surface area contributed by atoms with Gasteiger partial charge in [-0.25, -0.2) is 9.13 Å². The van der Waals surface area contributed by atoms with E-state index in [1.54, 1.807) is 36.5 Å². The fraction of sp³-hybridized carbons (Fsp3) is 0.0556. The van der Waals surface area contributed by atoms with Crippen molar-refractivity contribution in [1.82, 2.24) is 4.98 Å². The zero-order valence-electron chi connectivity index (χ0n) is 15.8.